The predicted octanol–water partition coefficient (Wildman–Crippen LogP) is 2.13. The van der Waals surface area contributed by atoms with Gasteiger partial charge in [0.15, 0.2) is 0 Å². The van der Waals surface area contributed by atoms with Crippen molar-refractivity contribution in [3.63, 3.8) is 0 Å². The number of sulfonamides is 1. The van der Waals surface area contributed by atoms with Crippen LogP contribution in [0.3, 0.4) is 0 Å². The molecule has 0 radical (unpaired) electrons. The molecule has 1 aromatic heterocycles. The van der Waals surface area contributed by atoms with E-state index in [0.717, 1.165) is 0 Å². The molecule has 1 aliphatic rings. The van der Waals surface area contributed by atoms with Gasteiger partial charge in [0, 0.05) is 6.04 Å². The largest absolute Gasteiger partial charge is 0.447 e. The van der Waals surface area contributed by atoms with Crippen molar-refractivity contribution < 1.29 is 12.8 Å². The third kappa shape index (κ3) is 4.63. The van der Waals surface area contributed by atoms with Gasteiger partial charge >= 0.3 is 0 Å². The van der Waals surface area contributed by atoms with Crippen molar-refractivity contribution in [2.24, 2.45) is 5.14 Å². The van der Waals surface area contributed by atoms with Crippen LogP contribution in [0.5, 0.6) is 0 Å². The van der Waals surface area contributed by atoms with Crippen molar-refractivity contribution >= 4 is 10.0 Å². The summed E-state index contributed by atoms with van der Waals surface area (Å²) >= 11 is 0. The highest BCUT2D eigenvalue weighted by Gasteiger charge is 2.15. The maximum absolute atomic E-state index is 11.1. The van der Waals surface area contributed by atoms with Crippen LogP contribution >= 0.6 is 0 Å². The first-order valence-electron chi connectivity index (χ1n) is 6.90. The van der Waals surface area contributed by atoms with Crippen LogP contribution in [0, 0.1) is 0 Å². The van der Waals surface area contributed by atoms with Gasteiger partial charge in [-0.1, -0.05) is 32.1 Å². The topological polar surface area (TPSA) is 85.3 Å². The van der Waals surface area contributed by atoms with Crippen molar-refractivity contribution in [3.8, 4) is 0 Å². The monoisotopic (exact) mass is 286 g/mol. The maximum Gasteiger partial charge on any atom is 0.271 e. The zero-order valence-electron chi connectivity index (χ0n) is 11.1. The minimum Gasteiger partial charge on any atom is -0.447 e. The number of furan rings is 1. The molecule has 1 saturated carbocycles. The summed E-state index contributed by atoms with van der Waals surface area (Å²) in [5, 5.41) is 8.28. The Morgan fingerprint density at radius 3 is 2.37 bits per heavy atom. The molecule has 1 fully saturated rings. The summed E-state index contributed by atoms with van der Waals surface area (Å²) in [4.78, 5) is 0. The van der Waals surface area contributed by atoms with Crippen molar-refractivity contribution in [3.05, 3.63) is 17.9 Å². The fourth-order valence-electron chi connectivity index (χ4n) is 2.51. The Kier molecular flexibility index (Phi) is 5.01. The van der Waals surface area contributed by atoms with Crippen LogP contribution < -0.4 is 10.5 Å². The maximum atomic E-state index is 11.1. The summed E-state index contributed by atoms with van der Waals surface area (Å²) in [6.45, 7) is 0.556. The van der Waals surface area contributed by atoms with E-state index >= 15 is 0 Å². The lowest BCUT2D eigenvalue weighted by atomic mass is 9.97. The standard InChI is InChI=1S/C13H22N2O3S/c14-19(16,17)13-9-8-12(18-13)10-15-11-6-4-2-1-3-5-7-11/h8-9,11,15H,1-7,10H2,(H2,14,16,17). The van der Waals surface area contributed by atoms with Crippen LogP contribution in [-0.2, 0) is 16.6 Å². The molecule has 19 heavy (non-hydrogen) atoms. The van der Waals surface area contributed by atoms with Gasteiger partial charge in [0.05, 0.1) is 6.54 Å². The number of hydrogen-bond acceptors (Lipinski definition) is 4. The summed E-state index contributed by atoms with van der Waals surface area (Å²) in [7, 11) is -3.73. The molecular formula is C13H22N2O3S. The summed E-state index contributed by atoms with van der Waals surface area (Å²) in [6.07, 6.45) is 8.87. The van der Waals surface area contributed by atoms with E-state index in [4.69, 9.17) is 9.56 Å². The van der Waals surface area contributed by atoms with Crippen LogP contribution in [0.2, 0.25) is 0 Å². The molecule has 0 unspecified atom stereocenters. The van der Waals surface area contributed by atoms with Gasteiger partial charge in [-0.25, -0.2) is 13.6 Å². The van der Waals surface area contributed by atoms with E-state index in [-0.39, 0.29) is 5.09 Å². The van der Waals surface area contributed by atoms with Crippen LogP contribution in [-0.4, -0.2) is 14.5 Å². The molecule has 0 aromatic carbocycles. The Morgan fingerprint density at radius 1 is 1.16 bits per heavy atom. The predicted molar refractivity (Wildman–Crippen MR) is 73.0 cm³/mol. The highest BCUT2D eigenvalue weighted by molar-refractivity contribution is 7.89. The Balaban J connectivity index is 1.85. The van der Waals surface area contributed by atoms with E-state index in [0.29, 0.717) is 18.3 Å². The second-order valence-electron chi connectivity index (χ2n) is 5.19. The first-order chi connectivity index (χ1) is 9.05. The summed E-state index contributed by atoms with van der Waals surface area (Å²) in [6, 6.07) is 3.57. The quantitative estimate of drug-likeness (QED) is 0.888. The molecule has 0 bridgehead atoms. The fourth-order valence-corrected chi connectivity index (χ4v) is 2.99. The Hall–Kier alpha value is -0.850. The van der Waals surface area contributed by atoms with Gasteiger partial charge < -0.3 is 9.73 Å². The van der Waals surface area contributed by atoms with Crippen molar-refractivity contribution in [1.29, 1.82) is 0 Å². The molecule has 0 amide bonds. The van der Waals surface area contributed by atoms with Crippen molar-refractivity contribution in [2.75, 3.05) is 0 Å². The summed E-state index contributed by atoms with van der Waals surface area (Å²) < 4.78 is 27.4. The van der Waals surface area contributed by atoms with E-state index in [1.165, 1.54) is 51.0 Å². The molecule has 0 saturated heterocycles. The minimum atomic E-state index is -3.73. The number of primary sulfonamides is 1. The van der Waals surface area contributed by atoms with Gasteiger partial charge in [-0.3, -0.25) is 0 Å². The smallest absolute Gasteiger partial charge is 0.271 e. The van der Waals surface area contributed by atoms with Gasteiger partial charge in [-0.15, -0.1) is 0 Å². The Morgan fingerprint density at radius 2 is 1.79 bits per heavy atom. The van der Waals surface area contributed by atoms with Crippen molar-refractivity contribution in [1.82, 2.24) is 5.32 Å². The molecule has 0 spiro atoms. The summed E-state index contributed by atoms with van der Waals surface area (Å²) in [5.74, 6) is 0.617. The first-order valence-corrected chi connectivity index (χ1v) is 8.45. The van der Waals surface area contributed by atoms with E-state index in [1.807, 2.05) is 0 Å². The fraction of sp³-hybridized carbons (Fsp3) is 0.692. The van der Waals surface area contributed by atoms with E-state index in [1.54, 1.807) is 6.07 Å². The average molecular weight is 286 g/mol. The van der Waals surface area contributed by atoms with E-state index in [2.05, 4.69) is 5.32 Å². The number of rotatable bonds is 4. The number of hydrogen-bond donors (Lipinski definition) is 2. The second kappa shape index (κ2) is 6.54. The molecule has 6 heteroatoms. The molecule has 3 N–H and O–H groups in total. The van der Waals surface area contributed by atoms with Gasteiger partial charge in [-0.2, -0.15) is 0 Å². The van der Waals surface area contributed by atoms with Crippen molar-refractivity contribution in [2.45, 2.75) is 62.6 Å². The molecule has 5 nitrogen and oxygen atoms in total. The zero-order valence-corrected chi connectivity index (χ0v) is 11.9. The van der Waals surface area contributed by atoms with Crippen LogP contribution in [0.25, 0.3) is 0 Å². The lowest BCUT2D eigenvalue weighted by Crippen LogP contribution is -2.29. The minimum absolute atomic E-state index is 0.165. The van der Waals surface area contributed by atoms with Crippen LogP contribution in [0.4, 0.5) is 0 Å². The molecule has 0 atom stereocenters. The third-order valence-corrected chi connectivity index (χ3v) is 4.37. The molecule has 1 aliphatic carbocycles. The number of nitrogens with one attached hydrogen (secondary N) is 1. The lowest BCUT2D eigenvalue weighted by Gasteiger charge is -2.20. The molecular weight excluding hydrogens is 264 g/mol. The van der Waals surface area contributed by atoms with Crippen LogP contribution in [0.15, 0.2) is 21.6 Å². The SMILES string of the molecule is NS(=O)(=O)c1ccc(CNC2CCCCCCC2)o1. The van der Waals surface area contributed by atoms with Gasteiger partial charge in [0.2, 0.25) is 5.09 Å². The summed E-state index contributed by atoms with van der Waals surface area (Å²) in [5.41, 5.74) is 0. The molecule has 1 heterocycles. The number of nitrogens with two attached hydrogens (primary N) is 1. The first kappa shape index (κ1) is 14.6. The normalized spacial score (nSPS) is 19.0. The van der Waals surface area contributed by atoms with E-state index < -0.39 is 10.0 Å². The van der Waals surface area contributed by atoms with Crippen LogP contribution in [0.1, 0.15) is 50.7 Å². The van der Waals surface area contributed by atoms with Gasteiger partial charge in [-0.05, 0) is 25.0 Å². The average Bonchev–Trinajstić information content (AvgIpc) is 2.76. The third-order valence-electron chi connectivity index (χ3n) is 3.59. The highest BCUT2D eigenvalue weighted by Crippen LogP contribution is 2.18. The second-order valence-corrected chi connectivity index (χ2v) is 6.68. The Bertz CT molecular complexity index is 488. The molecule has 2 rings (SSSR count). The zero-order chi connectivity index (χ0) is 13.7. The molecule has 108 valence electrons. The molecule has 1 aromatic rings. The van der Waals surface area contributed by atoms with Gasteiger partial charge in [0.1, 0.15) is 5.76 Å². The van der Waals surface area contributed by atoms with Gasteiger partial charge in [0.25, 0.3) is 10.0 Å². The molecule has 0 aliphatic heterocycles. The Labute approximate surface area is 114 Å². The lowest BCUT2D eigenvalue weighted by molar-refractivity contribution is 0.354. The highest BCUT2D eigenvalue weighted by atomic mass is 32.2. The van der Waals surface area contributed by atoms with E-state index in [9.17, 15) is 8.42 Å².